The fourth-order valence-electron chi connectivity index (χ4n) is 2.36. The van der Waals surface area contributed by atoms with Crippen LogP contribution in [0.2, 0.25) is 0 Å². The molecule has 0 amide bonds. The van der Waals surface area contributed by atoms with Gasteiger partial charge in [-0.15, -0.1) is 12.4 Å². The Labute approximate surface area is 146 Å². The lowest BCUT2D eigenvalue weighted by Gasteiger charge is -2.26. The monoisotopic (exact) mass is 373 g/mol. The third-order valence-electron chi connectivity index (χ3n) is 3.48. The van der Waals surface area contributed by atoms with E-state index in [9.17, 15) is 12.8 Å². The second kappa shape index (κ2) is 7.38. The van der Waals surface area contributed by atoms with Crippen molar-refractivity contribution in [3.63, 3.8) is 0 Å². The molecule has 2 aromatic carbocycles. The molecule has 1 atom stereocenters. The summed E-state index contributed by atoms with van der Waals surface area (Å²) in [6.45, 7) is 0.976. The molecule has 2 aromatic rings. The second-order valence-corrected chi connectivity index (χ2v) is 7.13. The van der Waals surface area contributed by atoms with Crippen molar-refractivity contribution in [1.29, 1.82) is 0 Å². The molecule has 0 aliphatic carbocycles. The van der Waals surface area contributed by atoms with Crippen molar-refractivity contribution in [1.82, 2.24) is 5.32 Å². The van der Waals surface area contributed by atoms with E-state index in [2.05, 4.69) is 5.32 Å². The molecule has 0 unspecified atom stereocenters. The first-order valence-corrected chi connectivity index (χ1v) is 8.58. The van der Waals surface area contributed by atoms with E-state index in [4.69, 9.17) is 9.47 Å². The van der Waals surface area contributed by atoms with Crippen molar-refractivity contribution in [2.45, 2.75) is 15.9 Å². The van der Waals surface area contributed by atoms with Crippen molar-refractivity contribution < 1.29 is 22.3 Å². The average molecular weight is 374 g/mol. The van der Waals surface area contributed by atoms with Crippen LogP contribution in [-0.2, 0) is 9.84 Å². The van der Waals surface area contributed by atoms with Crippen LogP contribution in [0.25, 0.3) is 0 Å². The van der Waals surface area contributed by atoms with E-state index in [1.807, 2.05) is 0 Å². The van der Waals surface area contributed by atoms with Gasteiger partial charge in [0, 0.05) is 12.6 Å². The maximum absolute atomic E-state index is 13.3. The lowest BCUT2D eigenvalue weighted by molar-refractivity contribution is 0.0915. The van der Waals surface area contributed by atoms with E-state index in [1.165, 1.54) is 30.3 Å². The molecule has 0 spiro atoms. The molecule has 8 heteroatoms. The fourth-order valence-corrected chi connectivity index (χ4v) is 3.67. The second-order valence-electron chi connectivity index (χ2n) is 5.18. The van der Waals surface area contributed by atoms with E-state index in [0.717, 1.165) is 6.07 Å². The number of ether oxygens (including phenoxy) is 2. The highest BCUT2D eigenvalue weighted by Crippen LogP contribution is 2.35. The van der Waals surface area contributed by atoms with Crippen molar-refractivity contribution >= 4 is 22.2 Å². The fraction of sp³-hybridized carbons (Fsp3) is 0.250. The maximum Gasteiger partial charge on any atom is 0.206 e. The minimum absolute atomic E-state index is 0. The number of sulfone groups is 1. The van der Waals surface area contributed by atoms with E-state index in [0.29, 0.717) is 24.7 Å². The lowest BCUT2D eigenvalue weighted by Crippen LogP contribution is -2.37. The molecule has 0 saturated carbocycles. The van der Waals surface area contributed by atoms with Crippen LogP contribution in [0.15, 0.2) is 52.3 Å². The predicted octanol–water partition coefficient (Wildman–Crippen LogP) is 2.44. The van der Waals surface area contributed by atoms with Gasteiger partial charge < -0.3 is 14.8 Å². The van der Waals surface area contributed by atoms with Crippen LogP contribution in [-0.4, -0.2) is 34.7 Å². The van der Waals surface area contributed by atoms with Gasteiger partial charge in [0.25, 0.3) is 0 Å². The molecule has 0 saturated heterocycles. The van der Waals surface area contributed by atoms with E-state index >= 15 is 0 Å². The molecule has 24 heavy (non-hydrogen) atoms. The zero-order chi connectivity index (χ0) is 16.4. The number of halogens is 2. The van der Waals surface area contributed by atoms with Crippen LogP contribution >= 0.6 is 12.4 Å². The van der Waals surface area contributed by atoms with Gasteiger partial charge in [-0.1, -0.05) is 6.07 Å². The van der Waals surface area contributed by atoms with Crippen molar-refractivity contribution in [3.05, 3.63) is 48.3 Å². The number of benzene rings is 2. The smallest absolute Gasteiger partial charge is 0.206 e. The summed E-state index contributed by atoms with van der Waals surface area (Å²) < 4.78 is 49.8. The molecule has 5 nitrogen and oxygen atoms in total. The zero-order valence-electron chi connectivity index (χ0n) is 12.9. The molecule has 3 rings (SSSR count). The average Bonchev–Trinajstić information content (AvgIpc) is 2.54. The number of likely N-dealkylation sites (N-methyl/N-ethyl adjacent to an activating group) is 1. The maximum atomic E-state index is 13.3. The van der Waals surface area contributed by atoms with Gasteiger partial charge in [0.1, 0.15) is 18.5 Å². The van der Waals surface area contributed by atoms with Crippen LogP contribution < -0.4 is 14.8 Å². The molecular formula is C16H17ClFNO4S. The molecule has 1 aliphatic heterocycles. The van der Waals surface area contributed by atoms with Crippen LogP contribution in [0.3, 0.4) is 0 Å². The normalized spacial score (nSPS) is 16.3. The van der Waals surface area contributed by atoms with E-state index < -0.39 is 15.7 Å². The predicted molar refractivity (Wildman–Crippen MR) is 89.4 cm³/mol. The third-order valence-corrected chi connectivity index (χ3v) is 5.23. The lowest BCUT2D eigenvalue weighted by atomic mass is 10.2. The molecule has 130 valence electrons. The highest BCUT2D eigenvalue weighted by atomic mass is 35.5. The molecule has 1 N–H and O–H groups in total. The summed E-state index contributed by atoms with van der Waals surface area (Å²) >= 11 is 0. The molecular weight excluding hydrogens is 357 g/mol. The molecule has 1 heterocycles. The Balaban J connectivity index is 0.00000208. The van der Waals surface area contributed by atoms with Gasteiger partial charge in [0.2, 0.25) is 9.84 Å². The van der Waals surface area contributed by atoms with Gasteiger partial charge >= 0.3 is 0 Å². The summed E-state index contributed by atoms with van der Waals surface area (Å²) in [6.07, 6.45) is -0.195. The van der Waals surface area contributed by atoms with Gasteiger partial charge in [0.15, 0.2) is 11.5 Å². The number of fused-ring (bicyclic) bond motifs is 1. The van der Waals surface area contributed by atoms with Crippen LogP contribution in [0.4, 0.5) is 4.39 Å². The highest BCUT2D eigenvalue weighted by Gasteiger charge is 2.25. The van der Waals surface area contributed by atoms with Crippen LogP contribution in [0.1, 0.15) is 0 Å². The number of hydrogen-bond donors (Lipinski definition) is 1. The Bertz CT molecular complexity index is 829. The van der Waals surface area contributed by atoms with E-state index in [1.54, 1.807) is 13.1 Å². The van der Waals surface area contributed by atoms with Gasteiger partial charge in [-0.25, -0.2) is 12.8 Å². The standard InChI is InChI=1S/C16H16FNO4S.ClH/c1-18-9-12-10-21-15-6-5-14(8-16(15)22-12)23(19,20)13-4-2-3-11(17)7-13;/h2-8,12,18H,9-10H2,1H3;1H/t12-;/m1./s1. The van der Waals surface area contributed by atoms with Gasteiger partial charge in [-0.2, -0.15) is 0 Å². The van der Waals surface area contributed by atoms with Crippen molar-refractivity contribution in [2.24, 2.45) is 0 Å². The van der Waals surface area contributed by atoms with Gasteiger partial charge in [-0.3, -0.25) is 0 Å². The Morgan fingerprint density at radius 3 is 2.62 bits per heavy atom. The zero-order valence-corrected chi connectivity index (χ0v) is 14.5. The van der Waals surface area contributed by atoms with Gasteiger partial charge in [0.05, 0.1) is 9.79 Å². The molecule has 1 aliphatic rings. The first kappa shape index (κ1) is 18.5. The van der Waals surface area contributed by atoms with Crippen LogP contribution in [0, 0.1) is 5.82 Å². The van der Waals surface area contributed by atoms with Crippen LogP contribution in [0.5, 0.6) is 11.5 Å². The first-order valence-electron chi connectivity index (χ1n) is 7.09. The largest absolute Gasteiger partial charge is 0.486 e. The Kier molecular flexibility index (Phi) is 5.69. The first-order chi connectivity index (χ1) is 11.0. The Morgan fingerprint density at radius 2 is 1.92 bits per heavy atom. The van der Waals surface area contributed by atoms with Crippen molar-refractivity contribution in [2.75, 3.05) is 20.2 Å². The Morgan fingerprint density at radius 1 is 1.17 bits per heavy atom. The number of nitrogens with one attached hydrogen (secondary N) is 1. The minimum Gasteiger partial charge on any atom is -0.486 e. The summed E-state index contributed by atoms with van der Waals surface area (Å²) in [6, 6.07) is 9.32. The van der Waals surface area contributed by atoms with Crippen molar-refractivity contribution in [3.8, 4) is 11.5 Å². The molecule has 0 radical (unpaired) electrons. The summed E-state index contributed by atoms with van der Waals surface area (Å²) in [7, 11) is -2.02. The number of hydrogen-bond acceptors (Lipinski definition) is 5. The molecule has 0 aromatic heterocycles. The summed E-state index contributed by atoms with van der Waals surface area (Å²) in [4.78, 5) is -0.0588. The summed E-state index contributed by atoms with van der Waals surface area (Å²) in [5, 5.41) is 2.98. The topological polar surface area (TPSA) is 64.6 Å². The molecule has 0 bridgehead atoms. The molecule has 0 fully saturated rings. The quantitative estimate of drug-likeness (QED) is 0.891. The van der Waals surface area contributed by atoms with E-state index in [-0.39, 0.29) is 28.3 Å². The SMILES string of the molecule is CNC[C@@H]1COc2ccc(S(=O)(=O)c3cccc(F)c3)cc2O1.Cl. The Hall–Kier alpha value is -1.83. The third kappa shape index (κ3) is 3.63. The van der Waals surface area contributed by atoms with Gasteiger partial charge in [-0.05, 0) is 37.4 Å². The number of rotatable bonds is 4. The summed E-state index contributed by atoms with van der Waals surface area (Å²) in [5.74, 6) is 0.266. The summed E-state index contributed by atoms with van der Waals surface area (Å²) in [5.41, 5.74) is 0. The minimum atomic E-state index is -3.82. The highest BCUT2D eigenvalue weighted by molar-refractivity contribution is 7.91.